The highest BCUT2D eigenvalue weighted by Crippen LogP contribution is 2.32. The lowest BCUT2D eigenvalue weighted by molar-refractivity contribution is -0.161. The van der Waals surface area contributed by atoms with Gasteiger partial charge in [0, 0.05) is 12.8 Å². The summed E-state index contributed by atoms with van der Waals surface area (Å²) in [5.41, 5.74) is 0. The van der Waals surface area contributed by atoms with Gasteiger partial charge in [0.05, 0.1) is 6.61 Å². The highest BCUT2D eigenvalue weighted by molar-refractivity contribution is 5.71. The van der Waals surface area contributed by atoms with Crippen molar-refractivity contribution in [2.45, 2.75) is 52.1 Å². The van der Waals surface area contributed by atoms with Gasteiger partial charge in [0.25, 0.3) is 0 Å². The minimum atomic E-state index is -0.0886. The number of carbonyl (C=O) groups excluding carboxylic acids is 2. The predicted molar refractivity (Wildman–Crippen MR) is 65.7 cm³/mol. The predicted octanol–water partition coefficient (Wildman–Crippen LogP) is 2.31. The van der Waals surface area contributed by atoms with Crippen LogP contribution in [0.25, 0.3) is 0 Å². The first-order valence-corrected chi connectivity index (χ1v) is 6.89. The monoisotopic (exact) mass is 254 g/mol. The van der Waals surface area contributed by atoms with Crippen LogP contribution in [0.2, 0.25) is 0 Å². The van der Waals surface area contributed by atoms with Gasteiger partial charge in [0.2, 0.25) is 0 Å². The second kappa shape index (κ2) is 5.72. The summed E-state index contributed by atoms with van der Waals surface area (Å²) < 4.78 is 10.4. The molecule has 0 saturated carbocycles. The van der Waals surface area contributed by atoms with Crippen LogP contribution in [-0.2, 0) is 19.1 Å². The molecular formula is C14H22O4. The first kappa shape index (κ1) is 13.4. The fourth-order valence-electron chi connectivity index (χ4n) is 2.85. The fraction of sp³-hybridized carbons (Fsp3) is 0.857. The summed E-state index contributed by atoms with van der Waals surface area (Å²) in [6, 6.07) is 0. The van der Waals surface area contributed by atoms with Crippen LogP contribution in [0.4, 0.5) is 0 Å². The Morgan fingerprint density at radius 2 is 2.00 bits per heavy atom. The van der Waals surface area contributed by atoms with Gasteiger partial charge in [-0.05, 0) is 37.0 Å². The van der Waals surface area contributed by atoms with Gasteiger partial charge in [-0.1, -0.05) is 13.8 Å². The molecule has 2 aliphatic rings. The maximum atomic E-state index is 11.6. The van der Waals surface area contributed by atoms with E-state index in [1.165, 1.54) is 0 Å². The second-order valence-electron chi connectivity index (χ2n) is 5.90. The van der Waals surface area contributed by atoms with Gasteiger partial charge in [-0.3, -0.25) is 9.59 Å². The summed E-state index contributed by atoms with van der Waals surface area (Å²) in [4.78, 5) is 22.6. The lowest BCUT2D eigenvalue weighted by Gasteiger charge is -2.33. The number of hydrogen-bond acceptors (Lipinski definition) is 4. The van der Waals surface area contributed by atoms with Crippen LogP contribution in [0, 0.1) is 17.8 Å². The van der Waals surface area contributed by atoms with E-state index in [-0.39, 0.29) is 18.0 Å². The van der Waals surface area contributed by atoms with E-state index in [1.54, 1.807) is 0 Å². The van der Waals surface area contributed by atoms with E-state index in [0.29, 0.717) is 37.2 Å². The molecule has 0 radical (unpaired) electrons. The largest absolute Gasteiger partial charge is 0.465 e. The molecule has 0 aromatic heterocycles. The molecule has 0 amide bonds. The van der Waals surface area contributed by atoms with Gasteiger partial charge < -0.3 is 9.47 Å². The molecule has 0 bridgehead atoms. The van der Waals surface area contributed by atoms with Crippen molar-refractivity contribution >= 4 is 11.9 Å². The van der Waals surface area contributed by atoms with Gasteiger partial charge >= 0.3 is 11.9 Å². The van der Waals surface area contributed by atoms with Crippen LogP contribution in [-0.4, -0.2) is 24.6 Å². The zero-order valence-electron chi connectivity index (χ0n) is 11.2. The molecule has 3 atom stereocenters. The fourth-order valence-corrected chi connectivity index (χ4v) is 2.85. The molecule has 2 fully saturated rings. The van der Waals surface area contributed by atoms with Crippen LogP contribution in [0.1, 0.15) is 46.0 Å². The average Bonchev–Trinajstić information content (AvgIpc) is 2.31. The zero-order valence-corrected chi connectivity index (χ0v) is 11.2. The number of rotatable bonds is 3. The minimum absolute atomic E-state index is 0.0578. The van der Waals surface area contributed by atoms with Gasteiger partial charge in [0.15, 0.2) is 0 Å². The van der Waals surface area contributed by atoms with Crippen molar-refractivity contribution in [3.63, 3.8) is 0 Å². The Kier molecular flexibility index (Phi) is 4.25. The molecule has 0 spiro atoms. The van der Waals surface area contributed by atoms with Crippen LogP contribution < -0.4 is 0 Å². The normalized spacial score (nSPS) is 33.2. The number of carbonyl (C=O) groups is 2. The molecule has 102 valence electrons. The Morgan fingerprint density at radius 1 is 1.22 bits per heavy atom. The van der Waals surface area contributed by atoms with Crippen molar-refractivity contribution in [1.29, 1.82) is 0 Å². The number of hydrogen-bond donors (Lipinski definition) is 0. The molecule has 0 aromatic carbocycles. The van der Waals surface area contributed by atoms with Crippen LogP contribution in [0.15, 0.2) is 0 Å². The smallest absolute Gasteiger partial charge is 0.306 e. The van der Waals surface area contributed by atoms with Crippen molar-refractivity contribution in [2.75, 3.05) is 6.61 Å². The summed E-state index contributed by atoms with van der Waals surface area (Å²) in [6.45, 7) is 4.70. The lowest BCUT2D eigenvalue weighted by atomic mass is 9.82. The Labute approximate surface area is 108 Å². The molecular weight excluding hydrogens is 232 g/mol. The van der Waals surface area contributed by atoms with Crippen molar-refractivity contribution in [3.8, 4) is 0 Å². The Hall–Kier alpha value is -1.06. The topological polar surface area (TPSA) is 52.6 Å². The summed E-state index contributed by atoms with van der Waals surface area (Å²) >= 11 is 0. The van der Waals surface area contributed by atoms with Crippen LogP contribution in [0.5, 0.6) is 0 Å². The molecule has 2 rings (SSSR count). The molecule has 4 heteroatoms. The van der Waals surface area contributed by atoms with Crippen molar-refractivity contribution < 1.29 is 19.1 Å². The standard InChI is InChI=1S/C14H22O4/c1-9(2)12-6-11(7-14(16)18-12)5-10-3-4-13(15)17-8-10/h9-12H,3-8H2,1-2H3. The van der Waals surface area contributed by atoms with Gasteiger partial charge in [0.1, 0.15) is 6.10 Å². The third kappa shape index (κ3) is 3.47. The van der Waals surface area contributed by atoms with Crippen LogP contribution >= 0.6 is 0 Å². The summed E-state index contributed by atoms with van der Waals surface area (Å²) in [5, 5.41) is 0. The highest BCUT2D eigenvalue weighted by atomic mass is 16.5. The highest BCUT2D eigenvalue weighted by Gasteiger charge is 2.32. The zero-order chi connectivity index (χ0) is 13.1. The average molecular weight is 254 g/mol. The summed E-state index contributed by atoms with van der Waals surface area (Å²) in [6.07, 6.45) is 3.93. The van der Waals surface area contributed by atoms with Gasteiger partial charge in [-0.2, -0.15) is 0 Å². The molecule has 2 heterocycles. The first-order valence-electron chi connectivity index (χ1n) is 6.89. The number of cyclic esters (lactones) is 2. The van der Waals surface area contributed by atoms with Gasteiger partial charge in [-0.15, -0.1) is 0 Å². The maximum Gasteiger partial charge on any atom is 0.306 e. The Bertz CT molecular complexity index is 314. The SMILES string of the molecule is CC(C)C1CC(CC2CCC(=O)OC2)CC(=O)O1. The van der Waals surface area contributed by atoms with E-state index in [2.05, 4.69) is 13.8 Å². The van der Waals surface area contributed by atoms with E-state index >= 15 is 0 Å². The summed E-state index contributed by atoms with van der Waals surface area (Å²) in [7, 11) is 0. The van der Waals surface area contributed by atoms with E-state index < -0.39 is 0 Å². The van der Waals surface area contributed by atoms with E-state index in [1.807, 2.05) is 0 Å². The van der Waals surface area contributed by atoms with E-state index in [9.17, 15) is 9.59 Å². The number of ether oxygens (including phenoxy) is 2. The Morgan fingerprint density at radius 3 is 2.61 bits per heavy atom. The third-order valence-corrected chi connectivity index (χ3v) is 3.95. The van der Waals surface area contributed by atoms with Crippen molar-refractivity contribution in [2.24, 2.45) is 17.8 Å². The molecule has 18 heavy (non-hydrogen) atoms. The molecule has 2 saturated heterocycles. The third-order valence-electron chi connectivity index (χ3n) is 3.95. The molecule has 0 N–H and O–H groups in total. The Balaban J connectivity index is 1.84. The molecule has 2 aliphatic heterocycles. The lowest BCUT2D eigenvalue weighted by Crippen LogP contribution is -2.35. The van der Waals surface area contributed by atoms with Crippen molar-refractivity contribution in [1.82, 2.24) is 0 Å². The maximum absolute atomic E-state index is 11.6. The molecule has 0 aliphatic carbocycles. The minimum Gasteiger partial charge on any atom is -0.465 e. The van der Waals surface area contributed by atoms with Crippen molar-refractivity contribution in [3.05, 3.63) is 0 Å². The first-order chi connectivity index (χ1) is 8.54. The van der Waals surface area contributed by atoms with Gasteiger partial charge in [-0.25, -0.2) is 0 Å². The molecule has 3 unspecified atom stereocenters. The van der Waals surface area contributed by atoms with Crippen LogP contribution in [0.3, 0.4) is 0 Å². The number of esters is 2. The van der Waals surface area contributed by atoms with E-state index in [4.69, 9.17) is 9.47 Å². The van der Waals surface area contributed by atoms with E-state index in [0.717, 1.165) is 19.3 Å². The quantitative estimate of drug-likeness (QED) is 0.725. The second-order valence-corrected chi connectivity index (χ2v) is 5.90. The molecule has 0 aromatic rings. The molecule has 4 nitrogen and oxygen atoms in total. The summed E-state index contributed by atoms with van der Waals surface area (Å²) in [5.74, 6) is 1.03.